The van der Waals surface area contributed by atoms with Crippen molar-refractivity contribution in [2.45, 2.75) is 43.3 Å². The number of nitrogens with one attached hydrogen (secondary N) is 1. The van der Waals surface area contributed by atoms with E-state index in [-0.39, 0.29) is 11.8 Å². The first-order valence-electron chi connectivity index (χ1n) is 7.96. The monoisotopic (exact) mass is 284 g/mol. The lowest BCUT2D eigenvalue weighted by molar-refractivity contribution is -0.0353. The van der Waals surface area contributed by atoms with E-state index in [9.17, 15) is 10.2 Å². The average Bonchev–Trinajstić information content (AvgIpc) is 2.97. The van der Waals surface area contributed by atoms with E-state index >= 15 is 0 Å². The standard InChI is InChI=1S/C17H20N2O2/c20-16-7-10-5-11(8-16)17(21,15(16)6-10)13-3-1-2-4-14-12(13)9-18-19-14/h1-3,9-11,15,20-21H,4-8H2,(H,18,19). The van der Waals surface area contributed by atoms with Crippen molar-refractivity contribution < 1.29 is 10.2 Å². The molecule has 5 aliphatic carbocycles. The summed E-state index contributed by atoms with van der Waals surface area (Å²) >= 11 is 0. The van der Waals surface area contributed by atoms with Crippen molar-refractivity contribution in [1.82, 2.24) is 10.2 Å². The van der Waals surface area contributed by atoms with Gasteiger partial charge in [-0.25, -0.2) is 0 Å². The molecule has 0 aliphatic heterocycles. The number of aromatic nitrogens is 2. The summed E-state index contributed by atoms with van der Waals surface area (Å²) in [6.45, 7) is 0. The predicted octanol–water partition coefficient (Wildman–Crippen LogP) is 1.82. The summed E-state index contributed by atoms with van der Waals surface area (Å²) in [5.74, 6) is 0.763. The molecule has 6 rings (SSSR count). The summed E-state index contributed by atoms with van der Waals surface area (Å²) < 4.78 is 0. The highest BCUT2D eigenvalue weighted by molar-refractivity contribution is 5.77. The zero-order chi connectivity index (χ0) is 14.2. The number of nitrogens with zero attached hydrogens (tertiary/aromatic N) is 1. The van der Waals surface area contributed by atoms with Crippen molar-refractivity contribution in [2.24, 2.45) is 17.8 Å². The molecule has 4 heteroatoms. The molecule has 4 saturated carbocycles. The summed E-state index contributed by atoms with van der Waals surface area (Å²) in [5, 5.41) is 29.8. The predicted molar refractivity (Wildman–Crippen MR) is 78.2 cm³/mol. The second-order valence-electron chi connectivity index (χ2n) is 7.40. The SMILES string of the molecule is OC12CC3CC(C1)C(O)(C1=CC=CCc4[nH]ncc41)C2C3. The summed E-state index contributed by atoms with van der Waals surface area (Å²) in [4.78, 5) is 0. The van der Waals surface area contributed by atoms with Gasteiger partial charge in [-0.05, 0) is 43.1 Å². The molecule has 5 aliphatic rings. The van der Waals surface area contributed by atoms with Crippen LogP contribution in [0.15, 0.2) is 24.4 Å². The Morgan fingerprint density at radius 3 is 3.00 bits per heavy atom. The van der Waals surface area contributed by atoms with Crippen LogP contribution in [0.2, 0.25) is 0 Å². The summed E-state index contributed by atoms with van der Waals surface area (Å²) in [6, 6.07) is 0. The van der Waals surface area contributed by atoms with Gasteiger partial charge in [-0.3, -0.25) is 5.10 Å². The number of hydrogen-bond acceptors (Lipinski definition) is 3. The topological polar surface area (TPSA) is 69.1 Å². The highest BCUT2D eigenvalue weighted by Crippen LogP contribution is 2.67. The largest absolute Gasteiger partial charge is 0.389 e. The maximum Gasteiger partial charge on any atom is 0.0988 e. The molecule has 1 aromatic heterocycles. The summed E-state index contributed by atoms with van der Waals surface area (Å²) in [6.07, 6.45) is 12.4. The van der Waals surface area contributed by atoms with Crippen LogP contribution >= 0.6 is 0 Å². The van der Waals surface area contributed by atoms with Crippen LogP contribution in [0.1, 0.15) is 36.9 Å². The van der Waals surface area contributed by atoms with Gasteiger partial charge in [-0.2, -0.15) is 5.10 Å². The second kappa shape index (κ2) is 3.68. The van der Waals surface area contributed by atoms with E-state index in [1.54, 1.807) is 0 Å². The van der Waals surface area contributed by atoms with Gasteiger partial charge in [0.1, 0.15) is 0 Å². The minimum atomic E-state index is -0.894. The van der Waals surface area contributed by atoms with Gasteiger partial charge in [0.2, 0.25) is 0 Å². The molecule has 0 aromatic carbocycles. The van der Waals surface area contributed by atoms with E-state index in [0.717, 1.165) is 48.9 Å². The van der Waals surface area contributed by atoms with Crippen LogP contribution in [0.4, 0.5) is 0 Å². The quantitative estimate of drug-likeness (QED) is 0.737. The Morgan fingerprint density at radius 2 is 2.14 bits per heavy atom. The van der Waals surface area contributed by atoms with Crippen molar-refractivity contribution in [3.63, 3.8) is 0 Å². The molecule has 1 aromatic rings. The van der Waals surface area contributed by atoms with Crippen LogP contribution < -0.4 is 0 Å². The average molecular weight is 284 g/mol. The second-order valence-corrected chi connectivity index (χ2v) is 7.40. The first-order valence-corrected chi connectivity index (χ1v) is 7.96. The molecule has 110 valence electrons. The molecule has 0 radical (unpaired) electrons. The number of fused-ring (bicyclic) bond motifs is 1. The lowest BCUT2D eigenvalue weighted by Crippen LogP contribution is -2.45. The molecule has 5 unspecified atom stereocenters. The van der Waals surface area contributed by atoms with Crippen molar-refractivity contribution >= 4 is 5.57 Å². The molecule has 4 fully saturated rings. The number of aliphatic hydroxyl groups is 2. The highest BCUT2D eigenvalue weighted by atomic mass is 16.3. The molecule has 5 atom stereocenters. The van der Waals surface area contributed by atoms with Gasteiger partial charge in [-0.15, -0.1) is 0 Å². The third-order valence-corrected chi connectivity index (χ3v) is 6.39. The number of H-pyrrole nitrogens is 1. The van der Waals surface area contributed by atoms with Crippen molar-refractivity contribution in [3.05, 3.63) is 35.7 Å². The number of rotatable bonds is 1. The van der Waals surface area contributed by atoms with Gasteiger partial charge in [-0.1, -0.05) is 18.2 Å². The third kappa shape index (κ3) is 1.35. The lowest BCUT2D eigenvalue weighted by atomic mass is 9.67. The molecule has 1 heterocycles. The zero-order valence-electron chi connectivity index (χ0n) is 11.9. The maximum atomic E-state index is 11.6. The minimum absolute atomic E-state index is 0.0192. The van der Waals surface area contributed by atoms with Gasteiger partial charge in [0.25, 0.3) is 0 Å². The number of aromatic amines is 1. The van der Waals surface area contributed by atoms with Gasteiger partial charge >= 0.3 is 0 Å². The van der Waals surface area contributed by atoms with E-state index < -0.39 is 11.2 Å². The smallest absolute Gasteiger partial charge is 0.0988 e. The van der Waals surface area contributed by atoms with Gasteiger partial charge in [0.05, 0.1) is 17.4 Å². The van der Waals surface area contributed by atoms with Crippen molar-refractivity contribution in [3.8, 4) is 0 Å². The highest BCUT2D eigenvalue weighted by Gasteiger charge is 2.69. The van der Waals surface area contributed by atoms with Gasteiger partial charge in [0, 0.05) is 23.6 Å². The summed E-state index contributed by atoms with van der Waals surface area (Å²) in [5.41, 5.74) is 1.51. The molecular weight excluding hydrogens is 264 g/mol. The Labute approximate surface area is 123 Å². The molecule has 0 saturated heterocycles. The molecule has 21 heavy (non-hydrogen) atoms. The normalized spacial score (nSPS) is 46.6. The molecule has 0 spiro atoms. The summed E-state index contributed by atoms with van der Waals surface area (Å²) in [7, 11) is 0. The first kappa shape index (κ1) is 12.2. The van der Waals surface area contributed by atoms with Crippen LogP contribution in [0.3, 0.4) is 0 Å². The molecular formula is C17H20N2O2. The fourth-order valence-corrected chi connectivity index (χ4v) is 5.70. The van der Waals surface area contributed by atoms with E-state index in [4.69, 9.17) is 0 Å². The van der Waals surface area contributed by atoms with E-state index in [0.29, 0.717) is 5.92 Å². The van der Waals surface area contributed by atoms with Crippen LogP contribution in [-0.4, -0.2) is 31.6 Å². The van der Waals surface area contributed by atoms with E-state index in [2.05, 4.69) is 16.3 Å². The molecule has 4 bridgehead atoms. The Morgan fingerprint density at radius 1 is 1.24 bits per heavy atom. The van der Waals surface area contributed by atoms with Crippen molar-refractivity contribution in [2.75, 3.05) is 0 Å². The van der Waals surface area contributed by atoms with Crippen molar-refractivity contribution in [1.29, 1.82) is 0 Å². The Hall–Kier alpha value is -1.39. The van der Waals surface area contributed by atoms with Crippen LogP contribution in [-0.2, 0) is 6.42 Å². The Kier molecular flexibility index (Phi) is 2.13. The Bertz CT molecular complexity index is 676. The van der Waals surface area contributed by atoms with Crippen LogP contribution in [0, 0.1) is 17.8 Å². The van der Waals surface area contributed by atoms with E-state index in [1.807, 2.05) is 18.3 Å². The minimum Gasteiger partial charge on any atom is -0.389 e. The molecule has 3 N–H and O–H groups in total. The van der Waals surface area contributed by atoms with Crippen LogP contribution in [0.5, 0.6) is 0 Å². The zero-order valence-corrected chi connectivity index (χ0v) is 11.9. The first-order chi connectivity index (χ1) is 10.1. The van der Waals surface area contributed by atoms with Gasteiger partial charge < -0.3 is 10.2 Å². The molecule has 4 nitrogen and oxygen atoms in total. The fraction of sp³-hybridized carbons (Fsp3) is 0.588. The number of allylic oxidation sites excluding steroid dienone is 3. The fourth-order valence-electron chi connectivity index (χ4n) is 5.70. The van der Waals surface area contributed by atoms with Crippen LogP contribution in [0.25, 0.3) is 5.57 Å². The van der Waals surface area contributed by atoms with Gasteiger partial charge in [0.15, 0.2) is 0 Å². The number of hydrogen-bond donors (Lipinski definition) is 3. The maximum absolute atomic E-state index is 11.6. The molecule has 0 amide bonds. The lowest BCUT2D eigenvalue weighted by Gasteiger charge is -2.41. The third-order valence-electron chi connectivity index (χ3n) is 6.39. The van der Waals surface area contributed by atoms with E-state index in [1.165, 1.54) is 0 Å². The Balaban J connectivity index is 1.69.